The molecule has 6 nitrogen and oxygen atoms in total. The molecule has 1 aromatic carbocycles. The van der Waals surface area contributed by atoms with E-state index in [0.717, 1.165) is 50.0 Å². The van der Waals surface area contributed by atoms with Crippen molar-refractivity contribution in [3.8, 4) is 0 Å². The summed E-state index contributed by atoms with van der Waals surface area (Å²) in [7, 11) is 0. The van der Waals surface area contributed by atoms with Gasteiger partial charge in [0, 0.05) is 31.1 Å². The lowest BCUT2D eigenvalue weighted by Gasteiger charge is -2.38. The molecular weight excluding hydrogens is 335 g/mol. The van der Waals surface area contributed by atoms with Crippen molar-refractivity contribution in [2.45, 2.75) is 32.2 Å². The molecule has 3 aromatic rings. The number of benzene rings is 1. The molecule has 2 aliphatic rings. The average molecular weight is 354 g/mol. The van der Waals surface area contributed by atoms with Gasteiger partial charge < -0.3 is 9.32 Å². The summed E-state index contributed by atoms with van der Waals surface area (Å²) in [6.07, 6.45) is 4.22. The predicted molar refractivity (Wildman–Crippen MR) is 94.8 cm³/mol. The van der Waals surface area contributed by atoms with Gasteiger partial charge in [-0.05, 0) is 43.4 Å². The number of hydrogen-bond donors (Lipinski definition) is 0. The Bertz CT molecular complexity index is 1040. The molecule has 0 atom stereocenters. The first-order valence-corrected chi connectivity index (χ1v) is 9.07. The largest absolute Gasteiger partial charge is 0.423 e. The zero-order valence-corrected chi connectivity index (χ0v) is 14.3. The first kappa shape index (κ1) is 15.5. The quantitative estimate of drug-likeness (QED) is 0.723. The molecule has 1 aliphatic carbocycles. The molecular formula is C19H19FN4O2. The summed E-state index contributed by atoms with van der Waals surface area (Å²) in [6, 6.07) is 6.59. The minimum Gasteiger partial charge on any atom is -0.423 e. The lowest BCUT2D eigenvalue weighted by molar-refractivity contribution is 0.316. The summed E-state index contributed by atoms with van der Waals surface area (Å²) in [6.45, 7) is 2.11. The van der Waals surface area contributed by atoms with Crippen LogP contribution in [0.4, 0.5) is 10.4 Å². The molecule has 2 aromatic heterocycles. The Kier molecular flexibility index (Phi) is 3.55. The molecule has 3 heterocycles. The van der Waals surface area contributed by atoms with Crippen LogP contribution in [0.25, 0.3) is 11.1 Å². The van der Waals surface area contributed by atoms with Crippen LogP contribution in [0, 0.1) is 11.7 Å². The maximum absolute atomic E-state index is 13.3. The monoisotopic (exact) mass is 354 g/mol. The molecule has 0 spiro atoms. The molecule has 1 saturated heterocycles. The van der Waals surface area contributed by atoms with Gasteiger partial charge in [0.15, 0.2) is 5.58 Å². The highest BCUT2D eigenvalue weighted by molar-refractivity contribution is 5.74. The summed E-state index contributed by atoms with van der Waals surface area (Å²) in [5, 5.41) is 4.58. The highest BCUT2D eigenvalue weighted by atomic mass is 19.1. The second-order valence-corrected chi connectivity index (χ2v) is 7.22. The van der Waals surface area contributed by atoms with Crippen molar-refractivity contribution >= 4 is 17.1 Å². The fraction of sp³-hybridized carbons (Fsp3) is 0.421. The number of hydrogen-bond acceptors (Lipinski definition) is 5. The van der Waals surface area contributed by atoms with Gasteiger partial charge in [0.05, 0.1) is 12.2 Å². The van der Waals surface area contributed by atoms with Crippen molar-refractivity contribution in [1.82, 2.24) is 14.8 Å². The summed E-state index contributed by atoms with van der Waals surface area (Å²) in [4.78, 5) is 18.6. The Morgan fingerprint density at radius 3 is 2.92 bits per heavy atom. The SMILES string of the molecule is O=c1cc2c(nn1CC1CN(c3nc4cc(F)ccc4o3)C1)CCCC2. The van der Waals surface area contributed by atoms with Crippen LogP contribution in [0.5, 0.6) is 0 Å². The molecule has 0 N–H and O–H groups in total. The third-order valence-corrected chi connectivity index (χ3v) is 5.27. The molecule has 0 unspecified atom stereocenters. The van der Waals surface area contributed by atoms with Gasteiger partial charge in [0.2, 0.25) is 0 Å². The molecule has 0 radical (unpaired) electrons. The second-order valence-electron chi connectivity index (χ2n) is 7.22. The molecule has 0 amide bonds. The lowest BCUT2D eigenvalue weighted by Crippen LogP contribution is -2.50. The maximum Gasteiger partial charge on any atom is 0.298 e. The van der Waals surface area contributed by atoms with Gasteiger partial charge in [-0.1, -0.05) is 0 Å². The predicted octanol–water partition coefficient (Wildman–Crippen LogP) is 2.54. The summed E-state index contributed by atoms with van der Waals surface area (Å²) < 4.78 is 20.6. The maximum atomic E-state index is 13.3. The Hall–Kier alpha value is -2.70. The number of aromatic nitrogens is 3. The Balaban J connectivity index is 1.29. The van der Waals surface area contributed by atoms with Gasteiger partial charge in [0.25, 0.3) is 11.6 Å². The molecule has 0 saturated carbocycles. The topological polar surface area (TPSA) is 64.2 Å². The van der Waals surface area contributed by atoms with Crippen LogP contribution in [-0.4, -0.2) is 27.9 Å². The molecule has 7 heteroatoms. The summed E-state index contributed by atoms with van der Waals surface area (Å²) in [5.74, 6) is 0.00489. The number of anilines is 1. The van der Waals surface area contributed by atoms with E-state index in [1.807, 2.05) is 4.90 Å². The van der Waals surface area contributed by atoms with Gasteiger partial charge in [0.1, 0.15) is 11.3 Å². The van der Waals surface area contributed by atoms with Crippen LogP contribution >= 0.6 is 0 Å². The van der Waals surface area contributed by atoms with Crippen molar-refractivity contribution in [3.63, 3.8) is 0 Å². The average Bonchev–Trinajstić information content (AvgIpc) is 3.00. The normalized spacial score (nSPS) is 17.3. The van der Waals surface area contributed by atoms with E-state index in [9.17, 15) is 9.18 Å². The molecule has 26 heavy (non-hydrogen) atoms. The lowest BCUT2D eigenvalue weighted by atomic mass is 9.97. The van der Waals surface area contributed by atoms with E-state index in [4.69, 9.17) is 4.42 Å². The Morgan fingerprint density at radius 2 is 2.04 bits per heavy atom. The zero-order valence-electron chi connectivity index (χ0n) is 14.3. The number of halogens is 1. The van der Waals surface area contributed by atoms with Crippen LogP contribution in [0.2, 0.25) is 0 Å². The van der Waals surface area contributed by atoms with Gasteiger partial charge in [-0.15, -0.1) is 0 Å². The van der Waals surface area contributed by atoms with Crippen LogP contribution in [-0.2, 0) is 19.4 Å². The van der Waals surface area contributed by atoms with E-state index in [-0.39, 0.29) is 11.4 Å². The van der Waals surface area contributed by atoms with Crippen molar-refractivity contribution in [3.05, 3.63) is 51.7 Å². The molecule has 0 bridgehead atoms. The zero-order chi connectivity index (χ0) is 17.7. The van der Waals surface area contributed by atoms with Crippen LogP contribution < -0.4 is 10.5 Å². The standard InChI is InChI=1S/C19H19FN4O2/c20-14-5-6-17-16(8-14)21-19(26-17)23-9-12(10-23)11-24-18(25)7-13-3-1-2-4-15(13)22-24/h5-8,12H,1-4,9-11H2. The van der Waals surface area contributed by atoms with Crippen molar-refractivity contribution in [2.75, 3.05) is 18.0 Å². The van der Waals surface area contributed by atoms with Crippen molar-refractivity contribution < 1.29 is 8.81 Å². The smallest absolute Gasteiger partial charge is 0.298 e. The summed E-state index contributed by atoms with van der Waals surface area (Å²) in [5.41, 5.74) is 3.29. The highest BCUT2D eigenvalue weighted by Crippen LogP contribution is 2.28. The van der Waals surface area contributed by atoms with Crippen LogP contribution in [0.15, 0.2) is 33.5 Å². The first-order chi connectivity index (χ1) is 12.7. The minimum absolute atomic E-state index is 0.0126. The number of oxazole rings is 1. The summed E-state index contributed by atoms with van der Waals surface area (Å²) >= 11 is 0. The number of nitrogens with zero attached hydrogens (tertiary/aromatic N) is 4. The van der Waals surface area contributed by atoms with Crippen molar-refractivity contribution in [2.24, 2.45) is 5.92 Å². The van der Waals surface area contributed by atoms with Crippen LogP contribution in [0.1, 0.15) is 24.1 Å². The fourth-order valence-corrected chi connectivity index (χ4v) is 3.84. The third-order valence-electron chi connectivity index (χ3n) is 5.27. The highest BCUT2D eigenvalue weighted by Gasteiger charge is 2.31. The molecule has 1 fully saturated rings. The molecule has 5 rings (SSSR count). The van der Waals surface area contributed by atoms with Gasteiger partial charge in [-0.3, -0.25) is 4.79 Å². The number of aryl methyl sites for hydroxylation is 2. The van der Waals surface area contributed by atoms with E-state index in [1.165, 1.54) is 12.1 Å². The molecule has 1 aliphatic heterocycles. The molecule has 134 valence electrons. The first-order valence-electron chi connectivity index (χ1n) is 9.07. The van der Waals surface area contributed by atoms with Gasteiger partial charge in [-0.25, -0.2) is 9.07 Å². The van der Waals surface area contributed by atoms with Crippen molar-refractivity contribution in [1.29, 1.82) is 0 Å². The van der Waals surface area contributed by atoms with E-state index in [0.29, 0.717) is 29.6 Å². The van der Waals surface area contributed by atoms with E-state index < -0.39 is 0 Å². The number of fused-ring (bicyclic) bond motifs is 2. The van der Waals surface area contributed by atoms with E-state index in [2.05, 4.69) is 10.1 Å². The Morgan fingerprint density at radius 1 is 1.19 bits per heavy atom. The van der Waals surface area contributed by atoms with Gasteiger partial charge >= 0.3 is 0 Å². The third kappa shape index (κ3) is 2.67. The van der Waals surface area contributed by atoms with E-state index >= 15 is 0 Å². The van der Waals surface area contributed by atoms with Crippen LogP contribution in [0.3, 0.4) is 0 Å². The van der Waals surface area contributed by atoms with E-state index in [1.54, 1.807) is 16.8 Å². The fourth-order valence-electron chi connectivity index (χ4n) is 3.84. The second kappa shape index (κ2) is 5.93. The van der Waals surface area contributed by atoms with Gasteiger partial charge in [-0.2, -0.15) is 10.1 Å². The minimum atomic E-state index is -0.323. The Labute approximate surface area is 149 Å². The number of rotatable bonds is 3.